The molecule has 1 aliphatic carbocycles. The minimum atomic E-state index is -0.538. The van der Waals surface area contributed by atoms with Crippen LogP contribution in [-0.4, -0.2) is 42.0 Å². The van der Waals surface area contributed by atoms with Crippen LogP contribution < -0.4 is 11.1 Å². The molecular weight excluding hydrogens is 262 g/mol. The topological polar surface area (TPSA) is 58.4 Å². The lowest BCUT2D eigenvalue weighted by Crippen LogP contribution is -2.53. The summed E-state index contributed by atoms with van der Waals surface area (Å²) in [5, 5.41) is 3.31. The van der Waals surface area contributed by atoms with E-state index in [4.69, 9.17) is 5.73 Å². The summed E-state index contributed by atoms with van der Waals surface area (Å²) in [4.78, 5) is 14.3. The SMILES string of the molecule is CCCCN(CCCCC(C)(NCCC)C(N)=O)C1CC1. The Morgan fingerprint density at radius 2 is 1.86 bits per heavy atom. The summed E-state index contributed by atoms with van der Waals surface area (Å²) in [6.07, 6.45) is 9.41. The van der Waals surface area contributed by atoms with Crippen LogP contribution >= 0.6 is 0 Å². The Hall–Kier alpha value is -0.610. The molecule has 0 spiro atoms. The number of nitrogens with zero attached hydrogens (tertiary/aromatic N) is 1. The van der Waals surface area contributed by atoms with Gasteiger partial charge < -0.3 is 16.0 Å². The molecule has 1 amide bonds. The third-order valence-corrected chi connectivity index (χ3v) is 4.54. The van der Waals surface area contributed by atoms with Gasteiger partial charge in [-0.25, -0.2) is 0 Å². The van der Waals surface area contributed by atoms with Crippen molar-refractivity contribution in [3.05, 3.63) is 0 Å². The zero-order valence-corrected chi connectivity index (χ0v) is 14.3. The Bertz CT molecular complexity index is 304. The van der Waals surface area contributed by atoms with Crippen LogP contribution in [0.15, 0.2) is 0 Å². The summed E-state index contributed by atoms with van der Waals surface area (Å²) in [6.45, 7) is 9.57. The summed E-state index contributed by atoms with van der Waals surface area (Å²) in [5.41, 5.74) is 5.03. The predicted octanol–water partition coefficient (Wildman–Crippen LogP) is 2.66. The van der Waals surface area contributed by atoms with Gasteiger partial charge in [0.1, 0.15) is 0 Å². The zero-order valence-electron chi connectivity index (χ0n) is 14.3. The van der Waals surface area contributed by atoms with Gasteiger partial charge in [0.2, 0.25) is 5.91 Å². The molecule has 1 aliphatic rings. The minimum Gasteiger partial charge on any atom is -0.368 e. The third-order valence-electron chi connectivity index (χ3n) is 4.54. The molecule has 3 N–H and O–H groups in total. The average molecular weight is 297 g/mol. The van der Waals surface area contributed by atoms with Crippen molar-refractivity contribution < 1.29 is 4.79 Å². The first kappa shape index (κ1) is 18.4. The average Bonchev–Trinajstić information content (AvgIpc) is 3.28. The van der Waals surface area contributed by atoms with E-state index >= 15 is 0 Å². The molecule has 4 heteroatoms. The highest BCUT2D eigenvalue weighted by Crippen LogP contribution is 2.27. The first-order valence-electron chi connectivity index (χ1n) is 8.82. The predicted molar refractivity (Wildman–Crippen MR) is 89.2 cm³/mol. The van der Waals surface area contributed by atoms with Crippen LogP contribution in [0.25, 0.3) is 0 Å². The van der Waals surface area contributed by atoms with E-state index in [1.165, 1.54) is 38.8 Å². The molecule has 1 rings (SSSR count). The Kier molecular flexibility index (Phi) is 8.27. The first-order chi connectivity index (χ1) is 10.0. The van der Waals surface area contributed by atoms with E-state index in [1.807, 2.05) is 6.92 Å². The van der Waals surface area contributed by atoms with Crippen molar-refractivity contribution in [3.63, 3.8) is 0 Å². The van der Waals surface area contributed by atoms with Crippen LogP contribution in [0.4, 0.5) is 0 Å². The Morgan fingerprint density at radius 1 is 1.19 bits per heavy atom. The standard InChI is InChI=1S/C17H35N3O/c1-4-6-13-20(15-9-10-15)14-8-7-11-17(3,16(18)21)19-12-5-2/h15,19H,4-14H2,1-3H3,(H2,18,21). The third kappa shape index (κ3) is 6.79. The van der Waals surface area contributed by atoms with Crippen LogP contribution in [0.1, 0.15) is 72.1 Å². The van der Waals surface area contributed by atoms with E-state index in [2.05, 4.69) is 24.1 Å². The molecule has 0 heterocycles. The van der Waals surface area contributed by atoms with Gasteiger partial charge in [-0.15, -0.1) is 0 Å². The number of primary amides is 1. The summed E-state index contributed by atoms with van der Waals surface area (Å²) < 4.78 is 0. The van der Waals surface area contributed by atoms with E-state index in [-0.39, 0.29) is 5.91 Å². The maximum atomic E-state index is 11.7. The van der Waals surface area contributed by atoms with Crippen molar-refractivity contribution >= 4 is 5.91 Å². The van der Waals surface area contributed by atoms with Crippen LogP contribution in [0.3, 0.4) is 0 Å². The lowest BCUT2D eigenvalue weighted by atomic mass is 9.93. The highest BCUT2D eigenvalue weighted by Gasteiger charge is 2.30. The molecule has 1 saturated carbocycles. The molecule has 0 aromatic carbocycles. The number of rotatable bonds is 13. The number of nitrogens with one attached hydrogen (secondary N) is 1. The molecule has 0 aromatic heterocycles. The summed E-state index contributed by atoms with van der Waals surface area (Å²) in [7, 11) is 0. The molecule has 0 bridgehead atoms. The van der Waals surface area contributed by atoms with Crippen molar-refractivity contribution in [3.8, 4) is 0 Å². The van der Waals surface area contributed by atoms with Crippen LogP contribution in [0, 0.1) is 0 Å². The van der Waals surface area contributed by atoms with Gasteiger partial charge in [0.25, 0.3) is 0 Å². The maximum absolute atomic E-state index is 11.7. The van der Waals surface area contributed by atoms with Crippen molar-refractivity contribution in [2.75, 3.05) is 19.6 Å². The molecule has 1 atom stereocenters. The van der Waals surface area contributed by atoms with Gasteiger partial charge in [-0.3, -0.25) is 4.79 Å². The molecule has 0 saturated heterocycles. The number of hydrogen-bond acceptors (Lipinski definition) is 3. The van der Waals surface area contributed by atoms with Gasteiger partial charge in [-0.1, -0.05) is 20.3 Å². The molecule has 21 heavy (non-hydrogen) atoms. The zero-order chi connectivity index (χ0) is 15.7. The van der Waals surface area contributed by atoms with Crippen molar-refractivity contribution in [1.82, 2.24) is 10.2 Å². The number of unbranched alkanes of at least 4 members (excludes halogenated alkanes) is 2. The summed E-state index contributed by atoms with van der Waals surface area (Å²) >= 11 is 0. The van der Waals surface area contributed by atoms with Crippen molar-refractivity contribution in [2.45, 2.75) is 83.7 Å². The molecule has 0 aliphatic heterocycles. The maximum Gasteiger partial charge on any atom is 0.237 e. The number of carbonyl (C=O) groups excluding carboxylic acids is 1. The second-order valence-electron chi connectivity index (χ2n) is 6.70. The monoisotopic (exact) mass is 297 g/mol. The number of carbonyl (C=O) groups is 1. The fourth-order valence-corrected chi connectivity index (χ4v) is 2.77. The normalized spacial score (nSPS) is 17.9. The minimum absolute atomic E-state index is 0.221. The van der Waals surface area contributed by atoms with E-state index in [0.717, 1.165) is 38.3 Å². The number of amides is 1. The Morgan fingerprint density at radius 3 is 2.38 bits per heavy atom. The van der Waals surface area contributed by atoms with Gasteiger partial charge in [-0.2, -0.15) is 0 Å². The van der Waals surface area contributed by atoms with Gasteiger partial charge in [0, 0.05) is 6.04 Å². The summed E-state index contributed by atoms with van der Waals surface area (Å²) in [5.74, 6) is -0.221. The smallest absolute Gasteiger partial charge is 0.237 e. The lowest BCUT2D eigenvalue weighted by Gasteiger charge is -2.28. The summed E-state index contributed by atoms with van der Waals surface area (Å²) in [6, 6.07) is 0.845. The molecule has 0 aromatic rings. The van der Waals surface area contributed by atoms with E-state index in [0.29, 0.717) is 0 Å². The van der Waals surface area contributed by atoms with Crippen LogP contribution in [0.2, 0.25) is 0 Å². The van der Waals surface area contributed by atoms with Gasteiger partial charge >= 0.3 is 0 Å². The Labute approximate surface area is 130 Å². The lowest BCUT2D eigenvalue weighted by molar-refractivity contribution is -0.124. The van der Waals surface area contributed by atoms with Gasteiger partial charge in [-0.05, 0) is 71.5 Å². The molecule has 0 radical (unpaired) electrons. The van der Waals surface area contributed by atoms with E-state index < -0.39 is 5.54 Å². The molecular formula is C17H35N3O. The fraction of sp³-hybridized carbons (Fsp3) is 0.941. The highest BCUT2D eigenvalue weighted by molar-refractivity contribution is 5.84. The Balaban J connectivity index is 2.27. The first-order valence-corrected chi connectivity index (χ1v) is 8.82. The molecule has 4 nitrogen and oxygen atoms in total. The molecule has 124 valence electrons. The number of hydrogen-bond donors (Lipinski definition) is 2. The number of nitrogens with two attached hydrogens (primary N) is 1. The highest BCUT2D eigenvalue weighted by atomic mass is 16.1. The van der Waals surface area contributed by atoms with Gasteiger partial charge in [0.15, 0.2) is 0 Å². The van der Waals surface area contributed by atoms with Crippen LogP contribution in [0.5, 0.6) is 0 Å². The van der Waals surface area contributed by atoms with E-state index in [1.54, 1.807) is 0 Å². The van der Waals surface area contributed by atoms with Gasteiger partial charge in [0.05, 0.1) is 5.54 Å². The molecule has 1 fully saturated rings. The van der Waals surface area contributed by atoms with E-state index in [9.17, 15) is 4.79 Å². The fourth-order valence-electron chi connectivity index (χ4n) is 2.77. The largest absolute Gasteiger partial charge is 0.368 e. The second kappa shape index (κ2) is 9.42. The second-order valence-corrected chi connectivity index (χ2v) is 6.70. The van der Waals surface area contributed by atoms with Crippen molar-refractivity contribution in [1.29, 1.82) is 0 Å². The quantitative estimate of drug-likeness (QED) is 0.514. The van der Waals surface area contributed by atoms with Crippen molar-refractivity contribution in [2.24, 2.45) is 5.73 Å². The van der Waals surface area contributed by atoms with Crippen LogP contribution in [-0.2, 0) is 4.79 Å². The molecule has 1 unspecified atom stereocenters.